The zero-order chi connectivity index (χ0) is 17.4. The molecular formula is C18H25N3O2S. The lowest BCUT2D eigenvalue weighted by Gasteiger charge is -2.23. The molecule has 2 amide bonds. The van der Waals surface area contributed by atoms with E-state index in [1.807, 2.05) is 65.4 Å². The molecule has 0 aliphatic carbocycles. The van der Waals surface area contributed by atoms with Crippen LogP contribution >= 0.6 is 11.8 Å². The smallest absolute Gasteiger partial charge is 0.322 e. The largest absolute Gasteiger partial charge is 0.385 e. The van der Waals surface area contributed by atoms with Crippen LogP contribution in [-0.2, 0) is 18.3 Å². The van der Waals surface area contributed by atoms with Gasteiger partial charge in [-0.25, -0.2) is 4.79 Å². The number of anilines is 1. The molecule has 5 nitrogen and oxygen atoms in total. The van der Waals surface area contributed by atoms with E-state index in [2.05, 4.69) is 5.32 Å². The van der Waals surface area contributed by atoms with E-state index < -0.39 is 0 Å². The van der Waals surface area contributed by atoms with Crippen molar-refractivity contribution < 1.29 is 9.53 Å². The van der Waals surface area contributed by atoms with Gasteiger partial charge in [-0.3, -0.25) is 0 Å². The lowest BCUT2D eigenvalue weighted by Crippen LogP contribution is -2.36. The fraction of sp³-hybridized carbons (Fsp3) is 0.389. The van der Waals surface area contributed by atoms with Crippen LogP contribution in [0.4, 0.5) is 10.5 Å². The fourth-order valence-corrected chi connectivity index (χ4v) is 2.79. The van der Waals surface area contributed by atoms with Crippen molar-refractivity contribution in [2.45, 2.75) is 17.9 Å². The highest BCUT2D eigenvalue weighted by atomic mass is 32.2. The Kier molecular flexibility index (Phi) is 7.21. The number of hydrogen-bond donors (Lipinski definition) is 1. The highest BCUT2D eigenvalue weighted by Gasteiger charge is 2.15. The highest BCUT2D eigenvalue weighted by molar-refractivity contribution is 7.98. The van der Waals surface area contributed by atoms with Crippen LogP contribution in [0.1, 0.15) is 12.1 Å². The van der Waals surface area contributed by atoms with E-state index in [1.54, 1.807) is 18.9 Å². The molecule has 1 aromatic carbocycles. The van der Waals surface area contributed by atoms with Gasteiger partial charge in [-0.05, 0) is 49.1 Å². The predicted octanol–water partition coefficient (Wildman–Crippen LogP) is 3.82. The molecule has 1 aromatic heterocycles. The van der Waals surface area contributed by atoms with E-state index in [0.29, 0.717) is 19.7 Å². The van der Waals surface area contributed by atoms with Gasteiger partial charge in [0.2, 0.25) is 0 Å². The van der Waals surface area contributed by atoms with E-state index in [-0.39, 0.29) is 6.03 Å². The lowest BCUT2D eigenvalue weighted by atomic mass is 10.3. The standard InChI is InChI=1S/C18H25N3O2S/c1-20-11-4-6-16(20)14-21(12-5-13-23-2)18(22)19-15-7-9-17(24-3)10-8-15/h4,6-11H,5,12-14H2,1-3H3,(H,19,22). The van der Waals surface area contributed by atoms with Gasteiger partial charge in [0.15, 0.2) is 0 Å². The number of nitrogens with one attached hydrogen (secondary N) is 1. The van der Waals surface area contributed by atoms with E-state index in [0.717, 1.165) is 17.8 Å². The quantitative estimate of drug-likeness (QED) is 0.583. The average molecular weight is 347 g/mol. The Balaban J connectivity index is 2.03. The topological polar surface area (TPSA) is 46.5 Å². The van der Waals surface area contributed by atoms with E-state index in [4.69, 9.17) is 4.74 Å². The third-order valence-electron chi connectivity index (χ3n) is 3.81. The number of ether oxygens (including phenoxy) is 1. The Morgan fingerprint density at radius 1 is 1.29 bits per heavy atom. The molecule has 0 aliphatic heterocycles. The highest BCUT2D eigenvalue weighted by Crippen LogP contribution is 2.18. The third kappa shape index (κ3) is 5.32. The van der Waals surface area contributed by atoms with Gasteiger partial charge in [-0.15, -0.1) is 11.8 Å². The van der Waals surface area contributed by atoms with Gasteiger partial charge >= 0.3 is 6.03 Å². The predicted molar refractivity (Wildman–Crippen MR) is 99.6 cm³/mol. The minimum absolute atomic E-state index is 0.0933. The van der Waals surface area contributed by atoms with Crippen LogP contribution < -0.4 is 5.32 Å². The first-order valence-corrected chi connectivity index (χ1v) is 9.15. The molecule has 24 heavy (non-hydrogen) atoms. The van der Waals surface area contributed by atoms with Crippen molar-refractivity contribution in [2.24, 2.45) is 7.05 Å². The SMILES string of the molecule is COCCCN(Cc1cccn1C)C(=O)Nc1ccc(SC)cc1. The Hall–Kier alpha value is -1.92. The van der Waals surface area contributed by atoms with Crippen molar-refractivity contribution in [2.75, 3.05) is 31.8 Å². The van der Waals surface area contributed by atoms with Crippen LogP contribution in [0.5, 0.6) is 0 Å². The summed E-state index contributed by atoms with van der Waals surface area (Å²) >= 11 is 1.68. The summed E-state index contributed by atoms with van der Waals surface area (Å²) in [5, 5.41) is 2.98. The maximum atomic E-state index is 12.7. The zero-order valence-corrected chi connectivity index (χ0v) is 15.3. The molecule has 130 valence electrons. The molecule has 1 N–H and O–H groups in total. The molecule has 0 atom stereocenters. The number of benzene rings is 1. The van der Waals surface area contributed by atoms with Crippen LogP contribution in [-0.4, -0.2) is 42.0 Å². The summed E-state index contributed by atoms with van der Waals surface area (Å²) in [7, 11) is 3.66. The number of amides is 2. The number of carbonyl (C=O) groups is 1. The van der Waals surface area contributed by atoms with Crippen LogP contribution in [0.2, 0.25) is 0 Å². The van der Waals surface area contributed by atoms with Gasteiger partial charge < -0.3 is 19.5 Å². The molecule has 6 heteroatoms. The number of rotatable bonds is 8. The molecular weight excluding hydrogens is 322 g/mol. The molecule has 2 aromatic rings. The molecule has 0 aliphatic rings. The maximum Gasteiger partial charge on any atom is 0.322 e. The van der Waals surface area contributed by atoms with Crippen molar-refractivity contribution in [1.82, 2.24) is 9.47 Å². The zero-order valence-electron chi connectivity index (χ0n) is 14.5. The number of methoxy groups -OCH3 is 1. The minimum Gasteiger partial charge on any atom is -0.385 e. The summed E-state index contributed by atoms with van der Waals surface area (Å²) in [5.74, 6) is 0. The number of hydrogen-bond acceptors (Lipinski definition) is 3. The lowest BCUT2D eigenvalue weighted by molar-refractivity contribution is 0.171. The molecule has 1 heterocycles. The molecule has 0 fully saturated rings. The summed E-state index contributed by atoms with van der Waals surface area (Å²) in [6.45, 7) is 1.86. The summed E-state index contributed by atoms with van der Waals surface area (Å²) in [5.41, 5.74) is 1.90. The molecule has 0 unspecified atom stereocenters. The van der Waals surface area contributed by atoms with Crippen molar-refractivity contribution in [3.63, 3.8) is 0 Å². The average Bonchev–Trinajstić information content (AvgIpc) is 2.99. The van der Waals surface area contributed by atoms with E-state index in [9.17, 15) is 4.79 Å². The Morgan fingerprint density at radius 3 is 2.62 bits per heavy atom. The molecule has 0 radical (unpaired) electrons. The summed E-state index contributed by atoms with van der Waals surface area (Å²) in [6.07, 6.45) is 4.83. The van der Waals surface area contributed by atoms with Gasteiger partial charge in [0.25, 0.3) is 0 Å². The minimum atomic E-state index is -0.0933. The Morgan fingerprint density at radius 2 is 2.04 bits per heavy atom. The Bertz CT molecular complexity index is 640. The fourth-order valence-electron chi connectivity index (χ4n) is 2.39. The third-order valence-corrected chi connectivity index (χ3v) is 4.55. The molecule has 0 bridgehead atoms. The summed E-state index contributed by atoms with van der Waals surface area (Å²) in [6, 6.07) is 11.8. The number of thioether (sulfide) groups is 1. The van der Waals surface area contributed by atoms with E-state index >= 15 is 0 Å². The number of carbonyl (C=O) groups excluding carboxylic acids is 1. The maximum absolute atomic E-state index is 12.7. The second-order valence-corrected chi connectivity index (χ2v) is 6.42. The first kappa shape index (κ1) is 18.4. The second-order valence-electron chi connectivity index (χ2n) is 5.54. The number of urea groups is 1. The van der Waals surface area contributed by atoms with Crippen molar-refractivity contribution in [1.29, 1.82) is 0 Å². The Labute approximate surface area is 148 Å². The first-order valence-electron chi connectivity index (χ1n) is 7.93. The summed E-state index contributed by atoms with van der Waals surface area (Å²) < 4.78 is 7.14. The number of aromatic nitrogens is 1. The van der Waals surface area contributed by atoms with Crippen LogP contribution in [0.15, 0.2) is 47.5 Å². The van der Waals surface area contributed by atoms with Crippen LogP contribution in [0.25, 0.3) is 0 Å². The normalized spacial score (nSPS) is 10.6. The van der Waals surface area contributed by atoms with Crippen molar-refractivity contribution >= 4 is 23.5 Å². The summed E-state index contributed by atoms with van der Waals surface area (Å²) in [4.78, 5) is 15.6. The molecule has 0 saturated carbocycles. The van der Waals surface area contributed by atoms with Crippen molar-refractivity contribution in [3.05, 3.63) is 48.3 Å². The van der Waals surface area contributed by atoms with Gasteiger partial charge in [-0.1, -0.05) is 0 Å². The molecule has 2 rings (SSSR count). The van der Waals surface area contributed by atoms with Crippen LogP contribution in [0, 0.1) is 0 Å². The molecule has 0 saturated heterocycles. The van der Waals surface area contributed by atoms with Gasteiger partial charge in [0, 0.05) is 49.8 Å². The van der Waals surface area contributed by atoms with Crippen molar-refractivity contribution in [3.8, 4) is 0 Å². The monoisotopic (exact) mass is 347 g/mol. The second kappa shape index (κ2) is 9.39. The van der Waals surface area contributed by atoms with Gasteiger partial charge in [0.05, 0.1) is 6.54 Å². The first-order chi connectivity index (χ1) is 11.6. The number of aryl methyl sites for hydroxylation is 1. The molecule has 0 spiro atoms. The van der Waals surface area contributed by atoms with E-state index in [1.165, 1.54) is 4.90 Å². The number of nitrogens with zero attached hydrogens (tertiary/aromatic N) is 2. The van der Waals surface area contributed by atoms with Gasteiger partial charge in [-0.2, -0.15) is 0 Å². The van der Waals surface area contributed by atoms with Gasteiger partial charge in [0.1, 0.15) is 0 Å². The van der Waals surface area contributed by atoms with Crippen LogP contribution in [0.3, 0.4) is 0 Å².